The molecule has 0 radical (unpaired) electrons. The molecule has 0 amide bonds. The molecule has 88 valence electrons. The van der Waals surface area contributed by atoms with Crippen molar-refractivity contribution < 1.29 is 4.74 Å². The number of rotatable bonds is 3. The Morgan fingerprint density at radius 2 is 2.25 bits per heavy atom. The first-order valence-electron chi connectivity index (χ1n) is 5.79. The molecule has 2 N–H and O–H groups in total. The molecule has 1 aliphatic heterocycles. The molecule has 1 aromatic carbocycles. The Morgan fingerprint density at radius 1 is 1.50 bits per heavy atom. The second-order valence-corrected chi connectivity index (χ2v) is 4.90. The van der Waals surface area contributed by atoms with Gasteiger partial charge in [0.15, 0.2) is 0 Å². The van der Waals surface area contributed by atoms with Crippen LogP contribution in [0.1, 0.15) is 18.9 Å². The molecule has 3 unspecified atom stereocenters. The summed E-state index contributed by atoms with van der Waals surface area (Å²) in [6, 6.07) is 8.04. The van der Waals surface area contributed by atoms with E-state index in [9.17, 15) is 0 Å². The molecule has 1 aromatic rings. The summed E-state index contributed by atoms with van der Waals surface area (Å²) in [6.07, 6.45) is 2.17. The van der Waals surface area contributed by atoms with Crippen LogP contribution >= 0.6 is 11.6 Å². The highest BCUT2D eigenvalue weighted by Crippen LogP contribution is 2.26. The minimum atomic E-state index is 0.136. The first kappa shape index (κ1) is 11.9. The van der Waals surface area contributed by atoms with E-state index in [1.165, 1.54) is 0 Å². The van der Waals surface area contributed by atoms with E-state index in [4.69, 9.17) is 22.1 Å². The molecule has 1 aliphatic rings. The summed E-state index contributed by atoms with van der Waals surface area (Å²) in [6.45, 7) is 2.94. The molecule has 0 saturated carbocycles. The maximum atomic E-state index is 6.23. The lowest BCUT2D eigenvalue weighted by atomic mass is 9.89. The van der Waals surface area contributed by atoms with E-state index in [-0.39, 0.29) is 12.1 Å². The summed E-state index contributed by atoms with van der Waals surface area (Å²) in [5, 5.41) is 0.810. The van der Waals surface area contributed by atoms with Crippen molar-refractivity contribution in [1.82, 2.24) is 0 Å². The van der Waals surface area contributed by atoms with Gasteiger partial charge in [-0.1, -0.05) is 29.8 Å². The van der Waals surface area contributed by atoms with Crippen molar-refractivity contribution in [3.63, 3.8) is 0 Å². The molecule has 0 aliphatic carbocycles. The van der Waals surface area contributed by atoms with Gasteiger partial charge in [0.25, 0.3) is 0 Å². The van der Waals surface area contributed by atoms with E-state index >= 15 is 0 Å². The third kappa shape index (κ3) is 2.57. The van der Waals surface area contributed by atoms with Crippen LogP contribution in [0.25, 0.3) is 0 Å². The molecule has 1 saturated heterocycles. The quantitative estimate of drug-likeness (QED) is 0.880. The summed E-state index contributed by atoms with van der Waals surface area (Å²) >= 11 is 6.12. The minimum Gasteiger partial charge on any atom is -0.378 e. The minimum absolute atomic E-state index is 0.136. The van der Waals surface area contributed by atoms with E-state index in [1.54, 1.807) is 0 Å². The van der Waals surface area contributed by atoms with Gasteiger partial charge in [0.05, 0.1) is 6.10 Å². The van der Waals surface area contributed by atoms with E-state index in [0.717, 1.165) is 30.0 Å². The van der Waals surface area contributed by atoms with Crippen molar-refractivity contribution in [2.75, 3.05) is 6.61 Å². The summed E-state index contributed by atoms with van der Waals surface area (Å²) in [5.74, 6) is 0.455. The third-order valence-electron chi connectivity index (χ3n) is 3.40. The fourth-order valence-electron chi connectivity index (χ4n) is 2.38. The normalized spacial score (nSPS) is 26.9. The molecule has 1 fully saturated rings. The van der Waals surface area contributed by atoms with Crippen molar-refractivity contribution >= 4 is 11.6 Å². The Hall–Kier alpha value is -0.570. The fourth-order valence-corrected chi connectivity index (χ4v) is 2.59. The Balaban J connectivity index is 2.02. The highest BCUT2D eigenvalue weighted by molar-refractivity contribution is 6.31. The highest BCUT2D eigenvalue weighted by Gasteiger charge is 2.29. The number of hydrogen-bond donors (Lipinski definition) is 1. The molecule has 2 nitrogen and oxygen atoms in total. The van der Waals surface area contributed by atoms with Crippen LogP contribution in [0, 0.1) is 5.92 Å². The lowest BCUT2D eigenvalue weighted by Crippen LogP contribution is -2.36. The van der Waals surface area contributed by atoms with E-state index in [1.807, 2.05) is 24.3 Å². The molecular formula is C13H18ClNO. The highest BCUT2D eigenvalue weighted by atomic mass is 35.5. The van der Waals surface area contributed by atoms with E-state index in [2.05, 4.69) is 6.92 Å². The summed E-state index contributed by atoms with van der Waals surface area (Å²) in [4.78, 5) is 0. The second-order valence-electron chi connectivity index (χ2n) is 4.49. The van der Waals surface area contributed by atoms with Gasteiger partial charge in [-0.15, -0.1) is 0 Å². The number of ether oxygens (including phenoxy) is 1. The average molecular weight is 240 g/mol. The first-order valence-corrected chi connectivity index (χ1v) is 6.17. The maximum Gasteiger partial charge on any atom is 0.0590 e. The molecule has 0 aromatic heterocycles. The molecule has 16 heavy (non-hydrogen) atoms. The molecule has 2 rings (SSSR count). The van der Waals surface area contributed by atoms with E-state index in [0.29, 0.717) is 5.92 Å². The van der Waals surface area contributed by atoms with Gasteiger partial charge in [-0.2, -0.15) is 0 Å². The van der Waals surface area contributed by atoms with Crippen LogP contribution in [0.4, 0.5) is 0 Å². The number of hydrogen-bond acceptors (Lipinski definition) is 2. The average Bonchev–Trinajstić information content (AvgIpc) is 2.68. The monoisotopic (exact) mass is 239 g/mol. The molecule has 1 heterocycles. The smallest absolute Gasteiger partial charge is 0.0590 e. The molecule has 0 bridgehead atoms. The maximum absolute atomic E-state index is 6.23. The Bertz CT molecular complexity index is 356. The van der Waals surface area contributed by atoms with Crippen LogP contribution in [0.3, 0.4) is 0 Å². The zero-order valence-electron chi connectivity index (χ0n) is 9.53. The van der Waals surface area contributed by atoms with Gasteiger partial charge >= 0.3 is 0 Å². The van der Waals surface area contributed by atoms with Crippen molar-refractivity contribution in [3.8, 4) is 0 Å². The lowest BCUT2D eigenvalue weighted by Gasteiger charge is -2.22. The van der Waals surface area contributed by atoms with Gasteiger partial charge in [0.2, 0.25) is 0 Å². The zero-order chi connectivity index (χ0) is 11.5. The van der Waals surface area contributed by atoms with Gasteiger partial charge in [0, 0.05) is 23.6 Å². The first-order chi connectivity index (χ1) is 7.68. The SMILES string of the molecule is CC1OCCC1C(N)Cc1ccccc1Cl. The standard InChI is InChI=1S/C13H18ClNO/c1-9-11(6-7-16-9)13(15)8-10-4-2-3-5-12(10)14/h2-5,9,11,13H,6-8,15H2,1H3. The second kappa shape index (κ2) is 5.17. The van der Waals surface area contributed by atoms with Crippen LogP contribution in [0.5, 0.6) is 0 Å². The molecule has 3 heteroatoms. The predicted molar refractivity (Wildman–Crippen MR) is 66.7 cm³/mol. The Labute approximate surface area is 102 Å². The van der Waals surface area contributed by atoms with Gasteiger partial charge in [-0.05, 0) is 31.4 Å². The summed E-state index contributed by atoms with van der Waals surface area (Å²) < 4.78 is 5.54. The van der Waals surface area contributed by atoms with Gasteiger partial charge < -0.3 is 10.5 Å². The van der Waals surface area contributed by atoms with E-state index < -0.39 is 0 Å². The molecular weight excluding hydrogens is 222 g/mol. The Morgan fingerprint density at radius 3 is 2.88 bits per heavy atom. The van der Waals surface area contributed by atoms with Crippen molar-refractivity contribution in [2.24, 2.45) is 11.7 Å². The van der Waals surface area contributed by atoms with Crippen LogP contribution in [0.15, 0.2) is 24.3 Å². The molecule has 0 spiro atoms. The fraction of sp³-hybridized carbons (Fsp3) is 0.538. The molecule has 3 atom stereocenters. The van der Waals surface area contributed by atoms with Crippen molar-refractivity contribution in [1.29, 1.82) is 0 Å². The van der Waals surface area contributed by atoms with Crippen LogP contribution in [-0.2, 0) is 11.2 Å². The zero-order valence-corrected chi connectivity index (χ0v) is 10.3. The van der Waals surface area contributed by atoms with Crippen molar-refractivity contribution in [3.05, 3.63) is 34.9 Å². The van der Waals surface area contributed by atoms with Gasteiger partial charge in [0.1, 0.15) is 0 Å². The number of halogens is 1. The summed E-state index contributed by atoms with van der Waals surface area (Å²) in [7, 11) is 0. The third-order valence-corrected chi connectivity index (χ3v) is 3.77. The lowest BCUT2D eigenvalue weighted by molar-refractivity contribution is 0.0995. The topological polar surface area (TPSA) is 35.2 Å². The largest absolute Gasteiger partial charge is 0.378 e. The number of benzene rings is 1. The Kier molecular flexibility index (Phi) is 3.85. The van der Waals surface area contributed by atoms with Crippen LogP contribution < -0.4 is 5.73 Å². The van der Waals surface area contributed by atoms with Crippen LogP contribution in [0.2, 0.25) is 5.02 Å². The summed E-state index contributed by atoms with van der Waals surface area (Å²) in [5.41, 5.74) is 7.37. The predicted octanol–water partition coefficient (Wildman–Crippen LogP) is 2.63. The van der Waals surface area contributed by atoms with Crippen LogP contribution in [-0.4, -0.2) is 18.8 Å². The van der Waals surface area contributed by atoms with Gasteiger partial charge in [-0.25, -0.2) is 0 Å². The number of nitrogens with two attached hydrogens (primary N) is 1. The van der Waals surface area contributed by atoms with Gasteiger partial charge in [-0.3, -0.25) is 0 Å². The van der Waals surface area contributed by atoms with Crippen molar-refractivity contribution in [2.45, 2.75) is 31.9 Å².